The summed E-state index contributed by atoms with van der Waals surface area (Å²) in [6, 6.07) is 4.85. The van der Waals surface area contributed by atoms with Crippen molar-refractivity contribution in [3.8, 4) is 0 Å². The van der Waals surface area contributed by atoms with Crippen LogP contribution in [-0.4, -0.2) is 32.4 Å². The number of nitrogens with zero attached hydrogens (tertiary/aromatic N) is 1. The normalized spacial score (nSPS) is 18.4. The molecule has 4 nitrogen and oxygen atoms in total. The molecule has 2 rings (SSSR count). The Morgan fingerprint density at radius 2 is 1.88 bits per heavy atom. The molecule has 0 bridgehead atoms. The molecular formula is C10H13FN2O2S. The lowest BCUT2D eigenvalue weighted by molar-refractivity contribution is 0.207. The van der Waals surface area contributed by atoms with Crippen molar-refractivity contribution in [1.29, 1.82) is 0 Å². The molecule has 1 aliphatic rings. The van der Waals surface area contributed by atoms with Gasteiger partial charge in [0.15, 0.2) is 0 Å². The van der Waals surface area contributed by atoms with Crippen molar-refractivity contribution in [2.75, 3.05) is 19.6 Å². The largest absolute Gasteiger partial charge is 0.330 e. The number of benzene rings is 1. The molecule has 1 aliphatic heterocycles. The number of hydrogen-bond acceptors (Lipinski definition) is 3. The first-order valence-corrected chi connectivity index (χ1v) is 6.44. The fourth-order valence-corrected chi connectivity index (χ4v) is 3.22. The number of sulfonamides is 1. The Labute approximate surface area is 93.9 Å². The molecule has 1 saturated heterocycles. The minimum atomic E-state index is -3.45. The third kappa shape index (κ3) is 1.95. The second-order valence-corrected chi connectivity index (χ2v) is 5.82. The van der Waals surface area contributed by atoms with Gasteiger partial charge in [0.1, 0.15) is 5.82 Å². The van der Waals surface area contributed by atoms with Gasteiger partial charge in [-0.1, -0.05) is 0 Å². The van der Waals surface area contributed by atoms with Crippen LogP contribution in [0.15, 0.2) is 29.2 Å². The average Bonchev–Trinajstić information content (AvgIpc) is 2.16. The van der Waals surface area contributed by atoms with Crippen LogP contribution in [0.3, 0.4) is 0 Å². The van der Waals surface area contributed by atoms with Crippen molar-refractivity contribution in [1.82, 2.24) is 4.31 Å². The predicted molar refractivity (Wildman–Crippen MR) is 57.7 cm³/mol. The summed E-state index contributed by atoms with van der Waals surface area (Å²) in [4.78, 5) is 0.129. The monoisotopic (exact) mass is 244 g/mol. The van der Waals surface area contributed by atoms with E-state index in [2.05, 4.69) is 0 Å². The highest BCUT2D eigenvalue weighted by Crippen LogP contribution is 2.24. The van der Waals surface area contributed by atoms with Gasteiger partial charge in [-0.25, -0.2) is 12.8 Å². The van der Waals surface area contributed by atoms with E-state index in [0.29, 0.717) is 19.6 Å². The van der Waals surface area contributed by atoms with Crippen LogP contribution in [0, 0.1) is 11.7 Å². The smallest absolute Gasteiger partial charge is 0.243 e. The maximum Gasteiger partial charge on any atom is 0.243 e. The van der Waals surface area contributed by atoms with Gasteiger partial charge in [-0.05, 0) is 36.7 Å². The maximum atomic E-state index is 12.7. The highest BCUT2D eigenvalue weighted by Gasteiger charge is 2.35. The van der Waals surface area contributed by atoms with E-state index in [1.54, 1.807) is 0 Å². The van der Waals surface area contributed by atoms with E-state index in [0.717, 1.165) is 12.1 Å². The molecule has 0 saturated carbocycles. The summed E-state index contributed by atoms with van der Waals surface area (Å²) in [5, 5.41) is 0. The summed E-state index contributed by atoms with van der Waals surface area (Å²) in [5.41, 5.74) is 5.43. The van der Waals surface area contributed by atoms with Crippen molar-refractivity contribution >= 4 is 10.0 Å². The molecule has 0 aromatic heterocycles. The maximum absolute atomic E-state index is 12.7. The fraction of sp³-hybridized carbons (Fsp3) is 0.400. The molecule has 0 spiro atoms. The van der Waals surface area contributed by atoms with Gasteiger partial charge < -0.3 is 5.73 Å². The molecule has 0 unspecified atom stereocenters. The van der Waals surface area contributed by atoms with Crippen LogP contribution in [-0.2, 0) is 10.0 Å². The van der Waals surface area contributed by atoms with E-state index in [-0.39, 0.29) is 10.8 Å². The van der Waals surface area contributed by atoms with Gasteiger partial charge in [0, 0.05) is 13.1 Å². The molecule has 2 N–H and O–H groups in total. The van der Waals surface area contributed by atoms with Crippen LogP contribution >= 0.6 is 0 Å². The zero-order chi connectivity index (χ0) is 11.8. The fourth-order valence-electron chi connectivity index (χ4n) is 1.62. The van der Waals surface area contributed by atoms with Crippen LogP contribution in [0.5, 0.6) is 0 Å². The van der Waals surface area contributed by atoms with Gasteiger partial charge in [0.05, 0.1) is 4.90 Å². The van der Waals surface area contributed by atoms with Crippen LogP contribution in [0.1, 0.15) is 0 Å². The summed E-state index contributed by atoms with van der Waals surface area (Å²) >= 11 is 0. The first-order chi connectivity index (χ1) is 7.54. The molecule has 0 aliphatic carbocycles. The Morgan fingerprint density at radius 3 is 2.38 bits per heavy atom. The zero-order valence-corrected chi connectivity index (χ0v) is 9.45. The quantitative estimate of drug-likeness (QED) is 0.837. The second-order valence-electron chi connectivity index (χ2n) is 3.88. The molecule has 1 aromatic rings. The lowest BCUT2D eigenvalue weighted by Gasteiger charge is -2.37. The first-order valence-electron chi connectivity index (χ1n) is 5.00. The summed E-state index contributed by atoms with van der Waals surface area (Å²) in [6.07, 6.45) is 0. The predicted octanol–water partition coefficient (Wildman–Crippen LogP) is 0.405. The van der Waals surface area contributed by atoms with Gasteiger partial charge >= 0.3 is 0 Å². The molecule has 0 amide bonds. The first kappa shape index (κ1) is 11.5. The highest BCUT2D eigenvalue weighted by molar-refractivity contribution is 7.89. The van der Waals surface area contributed by atoms with Gasteiger partial charge in [0.2, 0.25) is 10.0 Å². The average molecular weight is 244 g/mol. The zero-order valence-electron chi connectivity index (χ0n) is 8.64. The van der Waals surface area contributed by atoms with Crippen molar-refractivity contribution in [2.45, 2.75) is 4.90 Å². The van der Waals surface area contributed by atoms with E-state index in [1.807, 2.05) is 0 Å². The number of rotatable bonds is 3. The molecular weight excluding hydrogens is 231 g/mol. The van der Waals surface area contributed by atoms with E-state index in [9.17, 15) is 12.8 Å². The van der Waals surface area contributed by atoms with Crippen LogP contribution < -0.4 is 5.73 Å². The van der Waals surface area contributed by atoms with E-state index >= 15 is 0 Å². The van der Waals surface area contributed by atoms with Gasteiger partial charge in [-0.15, -0.1) is 0 Å². The van der Waals surface area contributed by atoms with Crippen molar-refractivity contribution in [2.24, 2.45) is 11.7 Å². The summed E-state index contributed by atoms with van der Waals surface area (Å²) < 4.78 is 37.9. The van der Waals surface area contributed by atoms with Gasteiger partial charge in [-0.2, -0.15) is 4.31 Å². The Hall–Kier alpha value is -0.980. The van der Waals surface area contributed by atoms with E-state index in [1.165, 1.54) is 16.4 Å². The van der Waals surface area contributed by atoms with Gasteiger partial charge in [0.25, 0.3) is 0 Å². The Kier molecular flexibility index (Phi) is 2.96. The van der Waals surface area contributed by atoms with Crippen molar-refractivity contribution in [3.05, 3.63) is 30.1 Å². The number of nitrogens with two attached hydrogens (primary N) is 1. The van der Waals surface area contributed by atoms with E-state index < -0.39 is 15.8 Å². The molecule has 0 atom stereocenters. The standard InChI is InChI=1S/C10H13FN2O2S/c11-9-1-3-10(4-2-9)16(14,15)13-6-8(5-12)7-13/h1-4,8H,5-7,12H2. The highest BCUT2D eigenvalue weighted by atomic mass is 32.2. The Morgan fingerprint density at radius 1 is 1.31 bits per heavy atom. The summed E-state index contributed by atoms with van der Waals surface area (Å²) in [7, 11) is -3.45. The third-order valence-corrected chi connectivity index (χ3v) is 4.55. The lowest BCUT2D eigenvalue weighted by atomic mass is 10.0. The summed E-state index contributed by atoms with van der Waals surface area (Å²) in [5.74, 6) is -0.197. The molecule has 6 heteroatoms. The molecule has 0 radical (unpaired) electrons. The minimum Gasteiger partial charge on any atom is -0.330 e. The van der Waals surface area contributed by atoms with Gasteiger partial charge in [-0.3, -0.25) is 0 Å². The molecule has 1 heterocycles. The summed E-state index contributed by atoms with van der Waals surface area (Å²) in [6.45, 7) is 1.40. The molecule has 1 fully saturated rings. The molecule has 88 valence electrons. The Bertz CT molecular complexity index is 466. The third-order valence-electron chi connectivity index (χ3n) is 2.71. The van der Waals surface area contributed by atoms with Crippen LogP contribution in [0.4, 0.5) is 4.39 Å². The topological polar surface area (TPSA) is 63.4 Å². The molecule has 1 aromatic carbocycles. The number of hydrogen-bond donors (Lipinski definition) is 1. The second kappa shape index (κ2) is 4.12. The van der Waals surface area contributed by atoms with E-state index in [4.69, 9.17) is 5.73 Å². The lowest BCUT2D eigenvalue weighted by Crippen LogP contribution is -2.52. The Balaban J connectivity index is 2.17. The number of halogens is 1. The molecule has 16 heavy (non-hydrogen) atoms. The van der Waals surface area contributed by atoms with Crippen molar-refractivity contribution in [3.63, 3.8) is 0 Å². The minimum absolute atomic E-state index is 0.129. The van der Waals surface area contributed by atoms with Crippen LogP contribution in [0.25, 0.3) is 0 Å². The van der Waals surface area contributed by atoms with Crippen LogP contribution in [0.2, 0.25) is 0 Å². The van der Waals surface area contributed by atoms with Crippen molar-refractivity contribution < 1.29 is 12.8 Å². The SMILES string of the molecule is NCC1CN(S(=O)(=O)c2ccc(F)cc2)C1.